The minimum atomic E-state index is -0.181. The molecule has 0 aliphatic heterocycles. The molecule has 16 heavy (non-hydrogen) atoms. The Morgan fingerprint density at radius 1 is 1.56 bits per heavy atom. The number of nitrogens with zero attached hydrogens (tertiary/aromatic N) is 2. The Hall–Kier alpha value is -1.65. The number of nitrogens with two attached hydrogens (primary N) is 1. The predicted molar refractivity (Wildman–Crippen MR) is 60.7 cm³/mol. The van der Waals surface area contributed by atoms with Crippen molar-refractivity contribution in [3.8, 4) is 0 Å². The van der Waals surface area contributed by atoms with Crippen molar-refractivity contribution in [2.24, 2.45) is 11.8 Å². The lowest BCUT2D eigenvalue weighted by atomic mass is 10.1. The van der Waals surface area contributed by atoms with E-state index in [1.165, 1.54) is 12.8 Å². The van der Waals surface area contributed by atoms with Crippen molar-refractivity contribution in [2.45, 2.75) is 19.8 Å². The van der Waals surface area contributed by atoms with Gasteiger partial charge in [-0.3, -0.25) is 4.79 Å². The molecule has 0 bridgehead atoms. The Bertz CT molecular complexity index is 372. The van der Waals surface area contributed by atoms with Crippen LogP contribution < -0.4 is 11.1 Å². The van der Waals surface area contributed by atoms with Gasteiger partial charge in [-0.1, -0.05) is 6.92 Å². The average molecular weight is 220 g/mol. The summed E-state index contributed by atoms with van der Waals surface area (Å²) in [6.45, 7) is 2.86. The van der Waals surface area contributed by atoms with Gasteiger partial charge in [0.25, 0.3) is 5.91 Å². The van der Waals surface area contributed by atoms with Crippen LogP contribution in [0.25, 0.3) is 0 Å². The number of rotatable bonds is 4. The van der Waals surface area contributed by atoms with E-state index in [4.69, 9.17) is 5.73 Å². The second-order valence-corrected chi connectivity index (χ2v) is 4.37. The Labute approximate surface area is 94.4 Å². The zero-order valence-electron chi connectivity index (χ0n) is 9.31. The standard InChI is InChI=1S/C11H16N4O/c1-7(8-2-3-8)6-13-11(16)9-4-5-10(12)15-14-9/h4-5,7-8H,2-3,6H2,1H3,(H2,12,15)(H,13,16). The number of carbonyl (C=O) groups is 1. The molecule has 0 spiro atoms. The van der Waals surface area contributed by atoms with Crippen LogP contribution in [0.4, 0.5) is 5.82 Å². The first kappa shape index (κ1) is 10.9. The number of hydrogen-bond acceptors (Lipinski definition) is 4. The van der Waals surface area contributed by atoms with Gasteiger partial charge in [0.2, 0.25) is 0 Å². The minimum Gasteiger partial charge on any atom is -0.382 e. The third-order valence-electron chi connectivity index (χ3n) is 2.93. The summed E-state index contributed by atoms with van der Waals surface area (Å²) in [6.07, 6.45) is 2.58. The fourth-order valence-corrected chi connectivity index (χ4v) is 1.64. The van der Waals surface area contributed by atoms with Crippen molar-refractivity contribution >= 4 is 11.7 Å². The summed E-state index contributed by atoms with van der Waals surface area (Å²) in [4.78, 5) is 11.6. The number of nitrogen functional groups attached to an aromatic ring is 1. The molecular formula is C11H16N4O. The first-order valence-electron chi connectivity index (χ1n) is 5.54. The van der Waals surface area contributed by atoms with Crippen molar-refractivity contribution in [3.05, 3.63) is 17.8 Å². The molecule has 1 saturated carbocycles. The summed E-state index contributed by atoms with van der Waals surface area (Å²) >= 11 is 0. The normalized spacial score (nSPS) is 16.8. The van der Waals surface area contributed by atoms with Crippen LogP contribution in [0.15, 0.2) is 12.1 Å². The average Bonchev–Trinajstić information content (AvgIpc) is 3.10. The van der Waals surface area contributed by atoms with Crippen LogP contribution in [0, 0.1) is 11.8 Å². The van der Waals surface area contributed by atoms with Gasteiger partial charge >= 0.3 is 0 Å². The van der Waals surface area contributed by atoms with Crippen LogP contribution in [0.3, 0.4) is 0 Å². The van der Waals surface area contributed by atoms with E-state index in [0.29, 0.717) is 24.0 Å². The highest BCUT2D eigenvalue weighted by molar-refractivity contribution is 5.92. The van der Waals surface area contributed by atoms with Gasteiger partial charge < -0.3 is 11.1 Å². The summed E-state index contributed by atoms with van der Waals surface area (Å²) in [5.74, 6) is 1.48. The highest BCUT2D eigenvalue weighted by Gasteiger charge is 2.27. The van der Waals surface area contributed by atoms with Crippen LogP contribution in [0.1, 0.15) is 30.3 Å². The predicted octanol–water partition coefficient (Wildman–Crippen LogP) is 0.835. The van der Waals surface area contributed by atoms with E-state index in [1.807, 2.05) is 0 Å². The van der Waals surface area contributed by atoms with Gasteiger partial charge in [-0.2, -0.15) is 0 Å². The molecule has 1 unspecified atom stereocenters. The van der Waals surface area contributed by atoms with E-state index in [1.54, 1.807) is 12.1 Å². The van der Waals surface area contributed by atoms with Crippen LogP contribution in [0.5, 0.6) is 0 Å². The van der Waals surface area contributed by atoms with Gasteiger partial charge in [0.1, 0.15) is 5.82 Å². The van der Waals surface area contributed by atoms with Crippen molar-refractivity contribution < 1.29 is 4.79 Å². The molecule has 1 aromatic rings. The topological polar surface area (TPSA) is 80.9 Å². The van der Waals surface area contributed by atoms with E-state index in [9.17, 15) is 4.79 Å². The fourth-order valence-electron chi connectivity index (χ4n) is 1.64. The van der Waals surface area contributed by atoms with Gasteiger partial charge in [-0.25, -0.2) is 0 Å². The summed E-state index contributed by atoms with van der Waals surface area (Å²) in [6, 6.07) is 3.16. The number of anilines is 1. The molecule has 1 fully saturated rings. The lowest BCUT2D eigenvalue weighted by Crippen LogP contribution is -2.29. The SMILES string of the molecule is CC(CNC(=O)c1ccc(N)nn1)C1CC1. The zero-order valence-corrected chi connectivity index (χ0v) is 9.31. The smallest absolute Gasteiger partial charge is 0.271 e. The quantitative estimate of drug-likeness (QED) is 0.787. The third-order valence-corrected chi connectivity index (χ3v) is 2.93. The molecule has 1 atom stereocenters. The molecule has 0 aromatic carbocycles. The van der Waals surface area contributed by atoms with Gasteiger partial charge in [-0.15, -0.1) is 10.2 Å². The Balaban J connectivity index is 1.85. The van der Waals surface area contributed by atoms with Crippen LogP contribution >= 0.6 is 0 Å². The summed E-state index contributed by atoms with van der Waals surface area (Å²) < 4.78 is 0. The Morgan fingerprint density at radius 2 is 2.31 bits per heavy atom. The lowest BCUT2D eigenvalue weighted by molar-refractivity contribution is 0.0940. The zero-order chi connectivity index (χ0) is 11.5. The molecule has 1 aliphatic carbocycles. The lowest BCUT2D eigenvalue weighted by Gasteiger charge is -2.10. The number of aromatic nitrogens is 2. The summed E-state index contributed by atoms with van der Waals surface area (Å²) in [7, 11) is 0. The van der Waals surface area contributed by atoms with Gasteiger partial charge in [0.15, 0.2) is 5.69 Å². The van der Waals surface area contributed by atoms with Crippen LogP contribution in [-0.4, -0.2) is 22.6 Å². The minimum absolute atomic E-state index is 0.181. The van der Waals surface area contributed by atoms with Crippen molar-refractivity contribution in [1.82, 2.24) is 15.5 Å². The van der Waals surface area contributed by atoms with E-state index in [0.717, 1.165) is 5.92 Å². The third kappa shape index (κ3) is 2.68. The number of nitrogens with one attached hydrogen (secondary N) is 1. The first-order valence-corrected chi connectivity index (χ1v) is 5.54. The molecule has 1 heterocycles. The molecule has 2 rings (SSSR count). The van der Waals surface area contributed by atoms with E-state index < -0.39 is 0 Å². The molecule has 0 saturated heterocycles. The van der Waals surface area contributed by atoms with Crippen molar-refractivity contribution in [2.75, 3.05) is 12.3 Å². The highest BCUT2D eigenvalue weighted by atomic mass is 16.1. The molecular weight excluding hydrogens is 204 g/mol. The number of carbonyl (C=O) groups excluding carboxylic acids is 1. The number of hydrogen-bond donors (Lipinski definition) is 2. The van der Waals surface area contributed by atoms with Crippen molar-refractivity contribution in [1.29, 1.82) is 0 Å². The van der Waals surface area contributed by atoms with E-state index in [2.05, 4.69) is 22.4 Å². The summed E-state index contributed by atoms with van der Waals surface area (Å²) in [5, 5.41) is 10.2. The molecule has 1 aliphatic rings. The Kier molecular flexibility index (Phi) is 3.03. The van der Waals surface area contributed by atoms with Gasteiger partial charge in [-0.05, 0) is 36.8 Å². The molecule has 5 heteroatoms. The monoisotopic (exact) mass is 220 g/mol. The van der Waals surface area contributed by atoms with E-state index in [-0.39, 0.29) is 5.91 Å². The van der Waals surface area contributed by atoms with Crippen LogP contribution in [0.2, 0.25) is 0 Å². The maximum atomic E-state index is 11.6. The van der Waals surface area contributed by atoms with Crippen LogP contribution in [-0.2, 0) is 0 Å². The summed E-state index contributed by atoms with van der Waals surface area (Å²) in [5.41, 5.74) is 5.71. The second-order valence-electron chi connectivity index (χ2n) is 4.37. The van der Waals surface area contributed by atoms with Gasteiger partial charge in [0, 0.05) is 6.54 Å². The number of amides is 1. The van der Waals surface area contributed by atoms with Gasteiger partial charge in [0.05, 0.1) is 0 Å². The molecule has 5 nitrogen and oxygen atoms in total. The maximum Gasteiger partial charge on any atom is 0.271 e. The largest absolute Gasteiger partial charge is 0.382 e. The fraction of sp³-hybridized carbons (Fsp3) is 0.545. The maximum absolute atomic E-state index is 11.6. The first-order chi connectivity index (χ1) is 7.66. The van der Waals surface area contributed by atoms with E-state index >= 15 is 0 Å². The van der Waals surface area contributed by atoms with Crippen molar-refractivity contribution in [3.63, 3.8) is 0 Å². The molecule has 0 radical (unpaired) electrons. The molecule has 1 amide bonds. The second kappa shape index (κ2) is 4.47. The Morgan fingerprint density at radius 3 is 2.88 bits per heavy atom. The highest BCUT2D eigenvalue weighted by Crippen LogP contribution is 2.36. The molecule has 3 N–H and O–H groups in total. The molecule has 86 valence electrons. The molecule has 1 aromatic heterocycles.